The predicted molar refractivity (Wildman–Crippen MR) is 63.9 cm³/mol. The molecule has 3 nitrogen and oxygen atoms in total. The number of hydrogen-bond acceptors (Lipinski definition) is 3. The van der Waals surface area contributed by atoms with Crippen LogP contribution in [0.3, 0.4) is 0 Å². The summed E-state index contributed by atoms with van der Waals surface area (Å²) in [6.07, 6.45) is 1.66. The highest BCUT2D eigenvalue weighted by molar-refractivity contribution is 6.32. The first-order valence-electron chi connectivity index (χ1n) is 5.65. The molecule has 0 spiro atoms. The molecule has 1 saturated carbocycles. The molecule has 0 amide bonds. The summed E-state index contributed by atoms with van der Waals surface area (Å²) in [5.74, 6) is -0.514. The third-order valence-corrected chi connectivity index (χ3v) is 2.86. The number of ether oxygens (including phenoxy) is 1. The Labute approximate surface area is 105 Å². The Bertz CT molecular complexity index is 365. The Morgan fingerprint density at radius 1 is 1.53 bits per heavy atom. The molecule has 1 aliphatic carbocycles. The van der Waals surface area contributed by atoms with E-state index in [1.54, 1.807) is 6.07 Å². The van der Waals surface area contributed by atoms with Crippen LogP contribution in [0.1, 0.15) is 12.8 Å². The van der Waals surface area contributed by atoms with Crippen molar-refractivity contribution in [1.29, 1.82) is 0 Å². The van der Waals surface area contributed by atoms with Gasteiger partial charge in [-0.1, -0.05) is 17.7 Å². The summed E-state index contributed by atoms with van der Waals surface area (Å²) in [5, 5.41) is 13.0. The molecular weight excluding hydrogens is 245 g/mol. The molecule has 1 aliphatic rings. The molecule has 2 N–H and O–H groups in total. The Balaban J connectivity index is 1.79. The van der Waals surface area contributed by atoms with Crippen LogP contribution in [0.5, 0.6) is 5.75 Å². The summed E-state index contributed by atoms with van der Waals surface area (Å²) in [6.45, 7) is 0.483. The zero-order valence-electron chi connectivity index (χ0n) is 9.33. The van der Waals surface area contributed by atoms with E-state index in [2.05, 4.69) is 5.32 Å². The van der Waals surface area contributed by atoms with Gasteiger partial charge in [-0.2, -0.15) is 0 Å². The summed E-state index contributed by atoms with van der Waals surface area (Å²) >= 11 is 5.79. The Kier molecular flexibility index (Phi) is 4.20. The smallest absolute Gasteiger partial charge is 0.173 e. The summed E-state index contributed by atoms with van der Waals surface area (Å²) in [7, 11) is 0. The molecular formula is C12H15ClFNO2. The van der Waals surface area contributed by atoms with Crippen molar-refractivity contribution in [1.82, 2.24) is 5.32 Å². The van der Waals surface area contributed by atoms with Crippen molar-refractivity contribution in [2.75, 3.05) is 13.2 Å². The lowest BCUT2D eigenvalue weighted by molar-refractivity contribution is 0.104. The minimum Gasteiger partial charge on any atom is -0.486 e. The fraction of sp³-hybridized carbons (Fsp3) is 0.500. The van der Waals surface area contributed by atoms with E-state index < -0.39 is 11.9 Å². The third-order valence-electron chi connectivity index (χ3n) is 2.56. The zero-order chi connectivity index (χ0) is 12.3. The molecule has 0 heterocycles. The van der Waals surface area contributed by atoms with E-state index in [-0.39, 0.29) is 17.4 Å². The van der Waals surface area contributed by atoms with E-state index in [0.29, 0.717) is 12.6 Å². The van der Waals surface area contributed by atoms with Gasteiger partial charge in [-0.05, 0) is 25.0 Å². The molecule has 1 fully saturated rings. The summed E-state index contributed by atoms with van der Waals surface area (Å²) in [6, 6.07) is 4.86. The standard InChI is InChI=1S/C12H15ClFNO2/c13-10-2-1-3-11(14)12(10)17-7-9(16)6-15-8-4-5-8/h1-3,8-9,15-16H,4-7H2. The monoisotopic (exact) mass is 259 g/mol. The number of aliphatic hydroxyl groups excluding tert-OH is 1. The van der Waals surface area contributed by atoms with Crippen LogP contribution in [-0.4, -0.2) is 30.4 Å². The first-order valence-corrected chi connectivity index (χ1v) is 6.03. The quantitative estimate of drug-likeness (QED) is 0.821. The van der Waals surface area contributed by atoms with Crippen LogP contribution in [0.4, 0.5) is 4.39 Å². The number of hydrogen-bond donors (Lipinski definition) is 2. The fourth-order valence-corrected chi connectivity index (χ4v) is 1.67. The van der Waals surface area contributed by atoms with E-state index in [0.717, 1.165) is 12.8 Å². The number of nitrogens with one attached hydrogen (secondary N) is 1. The molecule has 5 heteroatoms. The van der Waals surface area contributed by atoms with Crippen molar-refractivity contribution in [3.63, 3.8) is 0 Å². The average molecular weight is 260 g/mol. The normalized spacial score (nSPS) is 16.9. The molecule has 17 heavy (non-hydrogen) atoms. The fourth-order valence-electron chi connectivity index (χ4n) is 1.45. The topological polar surface area (TPSA) is 41.5 Å². The maximum absolute atomic E-state index is 13.3. The van der Waals surface area contributed by atoms with Crippen LogP contribution in [0.25, 0.3) is 0 Å². The molecule has 2 rings (SSSR count). The summed E-state index contributed by atoms with van der Waals surface area (Å²) < 4.78 is 18.5. The van der Waals surface area contributed by atoms with Crippen LogP contribution in [0, 0.1) is 5.82 Å². The molecule has 0 saturated heterocycles. The highest BCUT2D eigenvalue weighted by atomic mass is 35.5. The van der Waals surface area contributed by atoms with Gasteiger partial charge < -0.3 is 15.2 Å². The highest BCUT2D eigenvalue weighted by Crippen LogP contribution is 2.27. The molecule has 0 aliphatic heterocycles. The number of halogens is 2. The molecule has 1 aromatic carbocycles. The van der Waals surface area contributed by atoms with Crippen LogP contribution < -0.4 is 10.1 Å². The van der Waals surface area contributed by atoms with Gasteiger partial charge in [0.2, 0.25) is 0 Å². The van der Waals surface area contributed by atoms with Crippen molar-refractivity contribution < 1.29 is 14.2 Å². The van der Waals surface area contributed by atoms with E-state index >= 15 is 0 Å². The van der Waals surface area contributed by atoms with Crippen LogP contribution >= 0.6 is 11.6 Å². The van der Waals surface area contributed by atoms with Gasteiger partial charge in [0, 0.05) is 12.6 Å². The Morgan fingerprint density at radius 3 is 2.94 bits per heavy atom. The number of aliphatic hydroxyl groups is 1. The van der Waals surface area contributed by atoms with Gasteiger partial charge in [0.25, 0.3) is 0 Å². The van der Waals surface area contributed by atoms with E-state index in [1.807, 2.05) is 0 Å². The maximum atomic E-state index is 13.3. The molecule has 1 aromatic rings. The van der Waals surface area contributed by atoms with Gasteiger partial charge in [-0.25, -0.2) is 4.39 Å². The van der Waals surface area contributed by atoms with Gasteiger partial charge in [0.15, 0.2) is 11.6 Å². The second kappa shape index (κ2) is 5.67. The lowest BCUT2D eigenvalue weighted by Crippen LogP contribution is -2.32. The first-order chi connectivity index (χ1) is 8.16. The minimum absolute atomic E-state index is 0.000335. The summed E-state index contributed by atoms with van der Waals surface area (Å²) in [5.41, 5.74) is 0. The first kappa shape index (κ1) is 12.6. The van der Waals surface area contributed by atoms with Crippen LogP contribution in [0.2, 0.25) is 5.02 Å². The Hall–Kier alpha value is -0.840. The van der Waals surface area contributed by atoms with Gasteiger partial charge >= 0.3 is 0 Å². The predicted octanol–water partition coefficient (Wildman–Crippen LogP) is 1.97. The molecule has 1 unspecified atom stereocenters. The molecule has 0 aromatic heterocycles. The lowest BCUT2D eigenvalue weighted by Gasteiger charge is -2.14. The van der Waals surface area contributed by atoms with Gasteiger partial charge in [0.05, 0.1) is 5.02 Å². The molecule has 0 bridgehead atoms. The second-order valence-electron chi connectivity index (χ2n) is 4.20. The Morgan fingerprint density at radius 2 is 2.29 bits per heavy atom. The van der Waals surface area contributed by atoms with Crippen molar-refractivity contribution >= 4 is 11.6 Å². The summed E-state index contributed by atoms with van der Waals surface area (Å²) in [4.78, 5) is 0. The van der Waals surface area contributed by atoms with Crippen molar-refractivity contribution in [3.8, 4) is 5.75 Å². The highest BCUT2D eigenvalue weighted by Gasteiger charge is 2.21. The van der Waals surface area contributed by atoms with Crippen molar-refractivity contribution in [3.05, 3.63) is 29.0 Å². The van der Waals surface area contributed by atoms with Gasteiger partial charge in [-0.15, -0.1) is 0 Å². The van der Waals surface area contributed by atoms with E-state index in [9.17, 15) is 9.50 Å². The van der Waals surface area contributed by atoms with Gasteiger partial charge in [-0.3, -0.25) is 0 Å². The largest absolute Gasteiger partial charge is 0.486 e. The number of benzene rings is 1. The van der Waals surface area contributed by atoms with Crippen LogP contribution in [0.15, 0.2) is 18.2 Å². The van der Waals surface area contributed by atoms with E-state index in [1.165, 1.54) is 12.1 Å². The SMILES string of the molecule is OC(CNC1CC1)COc1c(F)cccc1Cl. The number of para-hydroxylation sites is 1. The van der Waals surface area contributed by atoms with Crippen LogP contribution in [-0.2, 0) is 0 Å². The second-order valence-corrected chi connectivity index (χ2v) is 4.61. The lowest BCUT2D eigenvalue weighted by atomic mass is 10.3. The third kappa shape index (κ3) is 3.84. The van der Waals surface area contributed by atoms with Crippen molar-refractivity contribution in [2.24, 2.45) is 0 Å². The number of rotatable bonds is 6. The average Bonchev–Trinajstić information content (AvgIpc) is 3.09. The molecule has 1 atom stereocenters. The molecule has 0 radical (unpaired) electrons. The van der Waals surface area contributed by atoms with Crippen molar-refractivity contribution in [2.45, 2.75) is 25.0 Å². The minimum atomic E-state index is -0.661. The molecule has 94 valence electrons. The van der Waals surface area contributed by atoms with Gasteiger partial charge in [0.1, 0.15) is 12.7 Å². The maximum Gasteiger partial charge on any atom is 0.173 e. The zero-order valence-corrected chi connectivity index (χ0v) is 10.1. The van der Waals surface area contributed by atoms with E-state index in [4.69, 9.17) is 16.3 Å².